The van der Waals surface area contributed by atoms with Crippen LogP contribution in [0.25, 0.3) is 0 Å². The first-order valence-corrected chi connectivity index (χ1v) is 10.9. The summed E-state index contributed by atoms with van der Waals surface area (Å²) in [6, 6.07) is 6.92. The van der Waals surface area contributed by atoms with Gasteiger partial charge < -0.3 is 25.2 Å². The van der Waals surface area contributed by atoms with Gasteiger partial charge in [-0.3, -0.25) is 9.59 Å². The van der Waals surface area contributed by atoms with Crippen LogP contribution in [0.5, 0.6) is 5.75 Å². The van der Waals surface area contributed by atoms with Crippen molar-refractivity contribution in [3.63, 3.8) is 0 Å². The molecule has 2 saturated carbocycles. The Hall–Kier alpha value is -2.38. The van der Waals surface area contributed by atoms with Gasteiger partial charge in [0.2, 0.25) is 11.8 Å². The summed E-state index contributed by atoms with van der Waals surface area (Å²) in [6.45, 7) is 0.611. The van der Waals surface area contributed by atoms with Gasteiger partial charge in [0.05, 0.1) is 18.6 Å². The number of hydrogen-bond acceptors (Lipinski definition) is 5. The first-order valence-electron chi connectivity index (χ1n) is 10.9. The zero-order valence-electron chi connectivity index (χ0n) is 16.9. The molecular weight excluding hydrogens is 384 g/mol. The van der Waals surface area contributed by atoms with Gasteiger partial charge in [-0.05, 0) is 43.7 Å². The van der Waals surface area contributed by atoms with Gasteiger partial charge >= 0.3 is 0 Å². The van der Waals surface area contributed by atoms with Crippen LogP contribution in [0.3, 0.4) is 0 Å². The lowest BCUT2D eigenvalue weighted by Crippen LogP contribution is -2.56. The number of hydrogen-bond donors (Lipinski definition) is 3. The SMILES string of the molecule is O=C(NCCO)C1=CC(N(CC2CC2)C(=O)C2CC2)C(O)C2Oc3ccccc3C12. The molecule has 0 radical (unpaired) electrons. The van der Waals surface area contributed by atoms with Gasteiger partial charge in [0, 0.05) is 30.1 Å². The molecule has 1 aromatic carbocycles. The average molecular weight is 412 g/mol. The second-order valence-electron chi connectivity index (χ2n) is 8.89. The highest BCUT2D eigenvalue weighted by atomic mass is 16.5. The van der Waals surface area contributed by atoms with Crippen molar-refractivity contribution in [3.05, 3.63) is 41.5 Å². The van der Waals surface area contributed by atoms with E-state index in [4.69, 9.17) is 9.84 Å². The lowest BCUT2D eigenvalue weighted by atomic mass is 9.77. The molecule has 5 rings (SSSR count). The van der Waals surface area contributed by atoms with Crippen molar-refractivity contribution in [1.29, 1.82) is 0 Å². The average Bonchev–Trinajstić information content (AvgIpc) is 3.68. The minimum Gasteiger partial charge on any atom is -0.486 e. The van der Waals surface area contributed by atoms with Crippen molar-refractivity contribution in [2.24, 2.45) is 11.8 Å². The number of carbonyl (C=O) groups excluding carboxylic acids is 2. The van der Waals surface area contributed by atoms with E-state index in [1.165, 1.54) is 0 Å². The molecule has 0 spiro atoms. The summed E-state index contributed by atoms with van der Waals surface area (Å²) in [5.74, 6) is 0.558. The first-order chi connectivity index (χ1) is 14.6. The maximum atomic E-state index is 13.1. The topological polar surface area (TPSA) is 99.1 Å². The third-order valence-electron chi connectivity index (χ3n) is 6.60. The Balaban J connectivity index is 1.52. The molecule has 1 heterocycles. The molecule has 0 saturated heterocycles. The van der Waals surface area contributed by atoms with Crippen LogP contribution in [0.2, 0.25) is 0 Å². The van der Waals surface area contributed by atoms with E-state index >= 15 is 0 Å². The number of ether oxygens (including phenoxy) is 1. The van der Waals surface area contributed by atoms with E-state index in [0.29, 0.717) is 23.8 Å². The summed E-state index contributed by atoms with van der Waals surface area (Å²) in [5, 5.41) is 23.2. The summed E-state index contributed by atoms with van der Waals surface area (Å²) >= 11 is 0. The second kappa shape index (κ2) is 7.71. The molecule has 3 N–H and O–H groups in total. The molecule has 0 bridgehead atoms. The lowest BCUT2D eigenvalue weighted by Gasteiger charge is -2.41. The van der Waals surface area contributed by atoms with E-state index in [0.717, 1.165) is 31.2 Å². The van der Waals surface area contributed by atoms with Crippen molar-refractivity contribution < 1.29 is 24.5 Å². The van der Waals surface area contributed by atoms with E-state index in [1.54, 1.807) is 11.0 Å². The van der Waals surface area contributed by atoms with Crippen LogP contribution in [0.15, 0.2) is 35.9 Å². The third kappa shape index (κ3) is 3.50. The van der Waals surface area contributed by atoms with E-state index in [9.17, 15) is 14.7 Å². The number of rotatable bonds is 7. The zero-order chi connectivity index (χ0) is 20.8. The molecule has 30 heavy (non-hydrogen) atoms. The highest BCUT2D eigenvalue weighted by Gasteiger charge is 2.51. The maximum Gasteiger partial charge on any atom is 0.247 e. The van der Waals surface area contributed by atoms with E-state index < -0.39 is 24.2 Å². The minimum atomic E-state index is -0.918. The Morgan fingerprint density at radius 2 is 1.93 bits per heavy atom. The van der Waals surface area contributed by atoms with Crippen molar-refractivity contribution in [3.8, 4) is 5.75 Å². The van der Waals surface area contributed by atoms with E-state index in [1.807, 2.05) is 24.3 Å². The smallest absolute Gasteiger partial charge is 0.247 e. The van der Waals surface area contributed by atoms with Crippen molar-refractivity contribution in [2.45, 2.75) is 49.9 Å². The van der Waals surface area contributed by atoms with Gasteiger partial charge in [0.1, 0.15) is 18.0 Å². The van der Waals surface area contributed by atoms with Gasteiger partial charge in [-0.25, -0.2) is 0 Å². The zero-order valence-corrected chi connectivity index (χ0v) is 16.9. The summed E-state index contributed by atoms with van der Waals surface area (Å²) in [6.07, 6.45) is 4.21. The largest absolute Gasteiger partial charge is 0.486 e. The summed E-state index contributed by atoms with van der Waals surface area (Å²) in [7, 11) is 0. The molecule has 4 atom stereocenters. The predicted octanol–water partition coefficient (Wildman–Crippen LogP) is 0.958. The molecule has 7 nitrogen and oxygen atoms in total. The summed E-state index contributed by atoms with van der Waals surface area (Å²) in [5.41, 5.74) is 1.37. The Morgan fingerprint density at radius 3 is 2.63 bits per heavy atom. The monoisotopic (exact) mass is 412 g/mol. The number of para-hydroxylation sites is 1. The highest BCUT2D eigenvalue weighted by Crippen LogP contribution is 2.48. The summed E-state index contributed by atoms with van der Waals surface area (Å²) < 4.78 is 6.11. The van der Waals surface area contributed by atoms with Gasteiger partial charge in [0.15, 0.2) is 0 Å². The molecule has 0 aromatic heterocycles. The summed E-state index contributed by atoms with van der Waals surface area (Å²) in [4.78, 5) is 27.9. The van der Waals surface area contributed by atoms with E-state index in [2.05, 4.69) is 5.32 Å². The second-order valence-corrected chi connectivity index (χ2v) is 8.89. The van der Waals surface area contributed by atoms with Gasteiger partial charge in [-0.1, -0.05) is 18.2 Å². The molecule has 1 aliphatic heterocycles. The quantitative estimate of drug-likeness (QED) is 0.620. The number of nitrogens with one attached hydrogen (secondary N) is 1. The Kier molecular flexibility index (Phi) is 5.03. The molecule has 4 aliphatic rings. The normalized spacial score (nSPS) is 29.3. The fourth-order valence-corrected chi connectivity index (χ4v) is 4.69. The van der Waals surface area contributed by atoms with Gasteiger partial charge in [0.25, 0.3) is 0 Å². The van der Waals surface area contributed by atoms with Crippen LogP contribution in [-0.2, 0) is 9.59 Å². The molecule has 2 amide bonds. The Bertz CT molecular complexity index is 876. The van der Waals surface area contributed by atoms with Crippen LogP contribution in [0.4, 0.5) is 0 Å². The fraction of sp³-hybridized carbons (Fsp3) is 0.565. The third-order valence-corrected chi connectivity index (χ3v) is 6.60. The first kappa shape index (κ1) is 19.6. The van der Waals surface area contributed by atoms with Crippen molar-refractivity contribution in [2.75, 3.05) is 19.7 Å². The van der Waals surface area contributed by atoms with Gasteiger partial charge in [-0.2, -0.15) is 0 Å². The highest BCUT2D eigenvalue weighted by molar-refractivity contribution is 5.96. The minimum absolute atomic E-state index is 0.0374. The lowest BCUT2D eigenvalue weighted by molar-refractivity contribution is -0.138. The number of benzene rings is 1. The number of amides is 2. The maximum absolute atomic E-state index is 13.1. The predicted molar refractivity (Wildman–Crippen MR) is 109 cm³/mol. The van der Waals surface area contributed by atoms with Gasteiger partial charge in [-0.15, -0.1) is 0 Å². The molecular formula is C23H28N2O5. The van der Waals surface area contributed by atoms with Crippen LogP contribution < -0.4 is 10.1 Å². The Labute approximate surface area is 175 Å². The van der Waals surface area contributed by atoms with Crippen molar-refractivity contribution in [1.82, 2.24) is 10.2 Å². The standard InChI is InChI=1S/C23H28N2O5/c26-10-9-24-22(28)16-11-17(25(12-13-5-6-13)23(29)14-7-8-14)20(27)21-19(16)15-3-1-2-4-18(15)30-21/h1-4,11,13-14,17,19-21,26-27H,5-10,12H2,(H,24,28). The molecule has 3 aliphatic carbocycles. The molecule has 7 heteroatoms. The number of carbonyl (C=O) groups is 2. The van der Waals surface area contributed by atoms with E-state index in [-0.39, 0.29) is 30.9 Å². The number of aliphatic hydroxyl groups excluding tert-OH is 2. The van der Waals surface area contributed by atoms with Crippen LogP contribution in [-0.4, -0.2) is 64.9 Å². The van der Waals surface area contributed by atoms with Crippen LogP contribution >= 0.6 is 0 Å². The van der Waals surface area contributed by atoms with Crippen LogP contribution in [0, 0.1) is 11.8 Å². The molecule has 2 fully saturated rings. The Morgan fingerprint density at radius 1 is 1.17 bits per heavy atom. The number of nitrogens with zero attached hydrogens (tertiary/aromatic N) is 1. The van der Waals surface area contributed by atoms with Crippen LogP contribution in [0.1, 0.15) is 37.2 Å². The molecule has 160 valence electrons. The molecule has 1 aromatic rings. The molecule has 4 unspecified atom stereocenters. The number of fused-ring (bicyclic) bond motifs is 3. The number of aliphatic hydroxyl groups is 2. The fourth-order valence-electron chi connectivity index (χ4n) is 4.69. The van der Waals surface area contributed by atoms with Crippen molar-refractivity contribution >= 4 is 11.8 Å².